The predicted octanol–water partition coefficient (Wildman–Crippen LogP) is 3.65. The number of aryl methyl sites for hydroxylation is 2. The maximum atomic E-state index is 12.4. The number of nitrogens with zero attached hydrogens (tertiary/aromatic N) is 4. The van der Waals surface area contributed by atoms with E-state index in [4.69, 9.17) is 0 Å². The second kappa shape index (κ2) is 7.69. The number of hydrogen-bond acceptors (Lipinski definition) is 7. The molecule has 0 bridgehead atoms. The highest BCUT2D eigenvalue weighted by atomic mass is 32.2. The smallest absolute Gasteiger partial charge is 0.235 e. The van der Waals surface area contributed by atoms with Gasteiger partial charge in [-0.2, -0.15) is 5.10 Å². The van der Waals surface area contributed by atoms with Gasteiger partial charge in [-0.25, -0.2) is 4.68 Å². The first-order valence-corrected chi connectivity index (χ1v) is 10.5. The van der Waals surface area contributed by atoms with Crippen LogP contribution in [0.15, 0.2) is 34.7 Å². The molecule has 7 nitrogen and oxygen atoms in total. The third-order valence-corrected chi connectivity index (χ3v) is 6.00. The Kier molecular flexibility index (Phi) is 5.13. The topological polar surface area (TPSA) is 84.7 Å². The van der Waals surface area contributed by atoms with Crippen molar-refractivity contribution in [3.8, 4) is 5.69 Å². The minimum Gasteiger partial charge on any atom is -0.357 e. The number of carbonyl (C=O) groups is 1. The molecule has 140 valence electrons. The lowest BCUT2D eigenvalue weighted by Gasteiger charge is -2.08. The van der Waals surface area contributed by atoms with Gasteiger partial charge in [0.05, 0.1) is 17.1 Å². The summed E-state index contributed by atoms with van der Waals surface area (Å²) in [5, 5.41) is 19.8. The van der Waals surface area contributed by atoms with Gasteiger partial charge in [0.15, 0.2) is 4.34 Å². The number of nitrogens with one attached hydrogen (secondary N) is 2. The van der Waals surface area contributed by atoms with Crippen molar-refractivity contribution in [2.45, 2.75) is 37.1 Å². The van der Waals surface area contributed by atoms with Crippen LogP contribution in [-0.2, 0) is 4.79 Å². The van der Waals surface area contributed by atoms with Crippen molar-refractivity contribution in [1.82, 2.24) is 20.0 Å². The summed E-state index contributed by atoms with van der Waals surface area (Å²) in [6.45, 7) is 3.95. The predicted molar refractivity (Wildman–Crippen MR) is 109 cm³/mol. The second-order valence-electron chi connectivity index (χ2n) is 6.55. The van der Waals surface area contributed by atoms with Crippen molar-refractivity contribution < 1.29 is 4.79 Å². The first-order valence-electron chi connectivity index (χ1n) is 8.73. The molecule has 0 spiro atoms. The van der Waals surface area contributed by atoms with E-state index in [2.05, 4.69) is 25.9 Å². The van der Waals surface area contributed by atoms with Gasteiger partial charge in [0, 0.05) is 12.1 Å². The van der Waals surface area contributed by atoms with Crippen LogP contribution in [0.5, 0.6) is 0 Å². The number of amides is 1. The molecule has 0 radical (unpaired) electrons. The summed E-state index contributed by atoms with van der Waals surface area (Å²) in [6.07, 6.45) is 2.39. The molecule has 1 aromatic carbocycles. The summed E-state index contributed by atoms with van der Waals surface area (Å²) in [5.41, 5.74) is 2.94. The SMILES string of the molecule is Cc1ccc(-n2nc(C)cc2NC(=O)CSc2nnc(NC3CC3)s2)cc1. The summed E-state index contributed by atoms with van der Waals surface area (Å²) < 4.78 is 2.54. The summed E-state index contributed by atoms with van der Waals surface area (Å²) >= 11 is 2.88. The van der Waals surface area contributed by atoms with Crippen molar-refractivity contribution in [2.24, 2.45) is 0 Å². The quantitative estimate of drug-likeness (QED) is 0.589. The molecule has 3 aromatic rings. The Hall–Kier alpha value is -2.39. The van der Waals surface area contributed by atoms with E-state index in [-0.39, 0.29) is 11.7 Å². The van der Waals surface area contributed by atoms with E-state index in [0.717, 1.165) is 20.9 Å². The highest BCUT2D eigenvalue weighted by Gasteiger charge is 2.22. The lowest BCUT2D eigenvalue weighted by Crippen LogP contribution is -2.16. The van der Waals surface area contributed by atoms with E-state index in [9.17, 15) is 4.79 Å². The standard InChI is InChI=1S/C18H20N6OS2/c1-11-3-7-14(8-4-11)24-15(9-12(2)23-24)20-16(25)10-26-18-22-21-17(27-18)19-13-5-6-13/h3-4,7-9,13H,5-6,10H2,1-2H3,(H,19,21)(H,20,25). The average molecular weight is 401 g/mol. The van der Waals surface area contributed by atoms with Crippen LogP contribution in [0.1, 0.15) is 24.1 Å². The van der Waals surface area contributed by atoms with Crippen LogP contribution in [0.3, 0.4) is 0 Å². The summed E-state index contributed by atoms with van der Waals surface area (Å²) in [7, 11) is 0. The second-order valence-corrected chi connectivity index (χ2v) is 8.75. The Morgan fingerprint density at radius 1 is 1.26 bits per heavy atom. The molecular weight excluding hydrogens is 380 g/mol. The maximum absolute atomic E-state index is 12.4. The average Bonchev–Trinajstić information content (AvgIpc) is 3.21. The maximum Gasteiger partial charge on any atom is 0.235 e. The normalized spacial score (nSPS) is 13.6. The van der Waals surface area contributed by atoms with Gasteiger partial charge < -0.3 is 10.6 Å². The third-order valence-electron chi connectivity index (χ3n) is 4.02. The van der Waals surface area contributed by atoms with Gasteiger partial charge in [-0.05, 0) is 38.8 Å². The number of carbonyl (C=O) groups excluding carboxylic acids is 1. The van der Waals surface area contributed by atoms with E-state index in [1.807, 2.05) is 44.2 Å². The minimum atomic E-state index is -0.0971. The lowest BCUT2D eigenvalue weighted by atomic mass is 10.2. The van der Waals surface area contributed by atoms with E-state index < -0.39 is 0 Å². The molecule has 1 amide bonds. The van der Waals surface area contributed by atoms with Crippen LogP contribution in [0.4, 0.5) is 10.9 Å². The number of thioether (sulfide) groups is 1. The highest BCUT2D eigenvalue weighted by molar-refractivity contribution is 8.01. The molecule has 2 aromatic heterocycles. The Morgan fingerprint density at radius 2 is 2.04 bits per heavy atom. The molecule has 1 aliphatic carbocycles. The summed E-state index contributed by atoms with van der Waals surface area (Å²) in [4.78, 5) is 12.4. The molecule has 2 N–H and O–H groups in total. The van der Waals surface area contributed by atoms with Gasteiger partial charge >= 0.3 is 0 Å². The molecule has 1 aliphatic rings. The molecule has 0 aliphatic heterocycles. The molecule has 27 heavy (non-hydrogen) atoms. The van der Waals surface area contributed by atoms with Gasteiger partial charge in [-0.3, -0.25) is 4.79 Å². The van der Waals surface area contributed by atoms with Gasteiger partial charge in [0.1, 0.15) is 5.82 Å². The Labute approximate surface area is 165 Å². The number of rotatable bonds is 7. The van der Waals surface area contributed by atoms with Crippen LogP contribution >= 0.6 is 23.1 Å². The zero-order valence-corrected chi connectivity index (χ0v) is 16.7. The van der Waals surface area contributed by atoms with E-state index in [1.54, 1.807) is 4.68 Å². The Bertz CT molecular complexity index is 945. The van der Waals surface area contributed by atoms with Crippen LogP contribution in [0.2, 0.25) is 0 Å². The molecule has 0 saturated heterocycles. The van der Waals surface area contributed by atoms with Gasteiger partial charge in [0.25, 0.3) is 0 Å². The molecule has 0 atom stereocenters. The van der Waals surface area contributed by atoms with E-state index in [0.29, 0.717) is 11.9 Å². The number of anilines is 2. The van der Waals surface area contributed by atoms with Crippen LogP contribution < -0.4 is 10.6 Å². The van der Waals surface area contributed by atoms with E-state index >= 15 is 0 Å². The Morgan fingerprint density at radius 3 is 2.78 bits per heavy atom. The summed E-state index contributed by atoms with van der Waals surface area (Å²) in [6, 6.07) is 10.4. The van der Waals surface area contributed by atoms with Crippen molar-refractivity contribution >= 4 is 40.0 Å². The lowest BCUT2D eigenvalue weighted by molar-refractivity contribution is -0.113. The van der Waals surface area contributed by atoms with Gasteiger partial charge in [-0.15, -0.1) is 10.2 Å². The fraction of sp³-hybridized carbons (Fsp3) is 0.333. The number of aromatic nitrogens is 4. The van der Waals surface area contributed by atoms with Crippen molar-refractivity contribution in [3.05, 3.63) is 41.6 Å². The zero-order chi connectivity index (χ0) is 18.8. The highest BCUT2D eigenvalue weighted by Crippen LogP contribution is 2.30. The zero-order valence-electron chi connectivity index (χ0n) is 15.1. The van der Waals surface area contributed by atoms with Crippen LogP contribution in [0.25, 0.3) is 5.69 Å². The minimum absolute atomic E-state index is 0.0971. The van der Waals surface area contributed by atoms with Crippen molar-refractivity contribution in [2.75, 3.05) is 16.4 Å². The largest absolute Gasteiger partial charge is 0.357 e. The molecule has 9 heteroatoms. The van der Waals surface area contributed by atoms with Crippen LogP contribution in [-0.4, -0.2) is 37.7 Å². The number of hydrogen-bond donors (Lipinski definition) is 2. The first kappa shape index (κ1) is 18.0. The fourth-order valence-corrected chi connectivity index (χ4v) is 4.14. The van der Waals surface area contributed by atoms with Crippen molar-refractivity contribution in [3.63, 3.8) is 0 Å². The van der Waals surface area contributed by atoms with Crippen molar-refractivity contribution in [1.29, 1.82) is 0 Å². The first-order chi connectivity index (χ1) is 13.1. The molecule has 1 fully saturated rings. The van der Waals surface area contributed by atoms with Gasteiger partial charge in [0.2, 0.25) is 11.0 Å². The molecular formula is C18H20N6OS2. The fourth-order valence-electron chi connectivity index (χ4n) is 2.51. The number of benzene rings is 1. The molecule has 2 heterocycles. The molecule has 4 rings (SSSR count). The molecule has 1 saturated carbocycles. The van der Waals surface area contributed by atoms with E-state index in [1.165, 1.54) is 41.5 Å². The van der Waals surface area contributed by atoms with Gasteiger partial charge in [-0.1, -0.05) is 40.8 Å². The van der Waals surface area contributed by atoms with Crippen LogP contribution in [0, 0.1) is 13.8 Å². The third kappa shape index (κ3) is 4.67. The molecule has 0 unspecified atom stereocenters. The summed E-state index contributed by atoms with van der Waals surface area (Å²) in [5.74, 6) is 0.839. The monoisotopic (exact) mass is 400 g/mol. The Balaban J connectivity index is 1.37.